The van der Waals surface area contributed by atoms with Gasteiger partial charge in [-0.25, -0.2) is 0 Å². The number of nitrogens with two attached hydrogens (primary N) is 1. The molecule has 3 aromatic rings. The molecule has 0 fully saturated rings. The summed E-state index contributed by atoms with van der Waals surface area (Å²) in [5, 5.41) is 1.10. The van der Waals surface area contributed by atoms with Gasteiger partial charge < -0.3 is 5.73 Å². The number of hydrogen-bond acceptors (Lipinski definition) is 3. The van der Waals surface area contributed by atoms with Gasteiger partial charge >= 0.3 is 0 Å². The van der Waals surface area contributed by atoms with Crippen molar-refractivity contribution in [3.63, 3.8) is 0 Å². The third-order valence-corrected chi connectivity index (χ3v) is 3.50. The zero-order valence-corrected chi connectivity index (χ0v) is 11.7. The summed E-state index contributed by atoms with van der Waals surface area (Å²) < 4.78 is 0.933. The number of rotatable bonds is 2. The van der Waals surface area contributed by atoms with E-state index in [1.807, 2.05) is 30.3 Å². The second-order valence-electron chi connectivity index (χ2n) is 4.37. The van der Waals surface area contributed by atoms with Crippen LogP contribution in [0.1, 0.15) is 17.2 Å². The lowest BCUT2D eigenvalue weighted by Gasteiger charge is -2.13. The van der Waals surface area contributed by atoms with E-state index in [1.165, 1.54) is 0 Å². The standard InChI is InChI=1S/C15H12BrN3/c16-13-7-12(8-18-9-13)15(17)11-3-4-14-10(6-11)2-1-5-19-14/h1-9,15H,17H2. The molecule has 94 valence electrons. The Kier molecular flexibility index (Phi) is 3.27. The van der Waals surface area contributed by atoms with E-state index in [9.17, 15) is 0 Å². The Balaban J connectivity index is 2.04. The largest absolute Gasteiger partial charge is 0.320 e. The Morgan fingerprint density at radius 2 is 1.95 bits per heavy atom. The lowest BCUT2D eigenvalue weighted by atomic mass is 9.99. The van der Waals surface area contributed by atoms with E-state index in [0.717, 1.165) is 26.5 Å². The average Bonchev–Trinajstić information content (AvgIpc) is 2.46. The molecule has 2 N–H and O–H groups in total. The van der Waals surface area contributed by atoms with E-state index in [1.54, 1.807) is 18.6 Å². The summed E-state index contributed by atoms with van der Waals surface area (Å²) >= 11 is 3.41. The molecule has 1 aromatic carbocycles. The van der Waals surface area contributed by atoms with Crippen LogP contribution in [0.2, 0.25) is 0 Å². The van der Waals surface area contributed by atoms with Crippen LogP contribution in [0.4, 0.5) is 0 Å². The molecule has 3 rings (SSSR count). The van der Waals surface area contributed by atoms with Crippen molar-refractivity contribution < 1.29 is 0 Å². The summed E-state index contributed by atoms with van der Waals surface area (Å²) in [5.41, 5.74) is 9.31. The van der Waals surface area contributed by atoms with Crippen LogP contribution in [-0.2, 0) is 0 Å². The molecule has 0 saturated carbocycles. The quantitative estimate of drug-likeness (QED) is 0.788. The predicted octanol–water partition coefficient (Wildman–Crippen LogP) is 3.44. The zero-order chi connectivity index (χ0) is 13.2. The summed E-state index contributed by atoms with van der Waals surface area (Å²) in [6, 6.07) is 11.9. The zero-order valence-electron chi connectivity index (χ0n) is 10.1. The number of hydrogen-bond donors (Lipinski definition) is 1. The first kappa shape index (κ1) is 12.3. The van der Waals surface area contributed by atoms with Crippen molar-refractivity contribution in [1.82, 2.24) is 9.97 Å². The maximum Gasteiger partial charge on any atom is 0.0702 e. The van der Waals surface area contributed by atoms with Crippen molar-refractivity contribution in [2.75, 3.05) is 0 Å². The topological polar surface area (TPSA) is 51.8 Å². The van der Waals surface area contributed by atoms with Gasteiger partial charge in [0.05, 0.1) is 11.6 Å². The summed E-state index contributed by atoms with van der Waals surface area (Å²) in [5.74, 6) is 0. The van der Waals surface area contributed by atoms with E-state index in [2.05, 4.69) is 32.0 Å². The second kappa shape index (κ2) is 5.07. The van der Waals surface area contributed by atoms with Crippen molar-refractivity contribution in [3.8, 4) is 0 Å². The maximum absolute atomic E-state index is 6.29. The number of pyridine rings is 2. The second-order valence-corrected chi connectivity index (χ2v) is 5.29. The Bertz CT molecular complexity index is 727. The molecule has 0 aliphatic carbocycles. The molecule has 0 aliphatic heterocycles. The highest BCUT2D eigenvalue weighted by Crippen LogP contribution is 2.24. The van der Waals surface area contributed by atoms with Gasteiger partial charge in [0.1, 0.15) is 0 Å². The molecule has 0 bridgehead atoms. The first-order chi connectivity index (χ1) is 9.24. The first-order valence-corrected chi connectivity index (χ1v) is 6.74. The molecule has 2 heterocycles. The van der Waals surface area contributed by atoms with E-state index < -0.39 is 0 Å². The summed E-state index contributed by atoms with van der Waals surface area (Å²) in [6.07, 6.45) is 5.34. The van der Waals surface area contributed by atoms with Gasteiger partial charge in [-0.15, -0.1) is 0 Å². The van der Waals surface area contributed by atoms with Crippen LogP contribution in [0.5, 0.6) is 0 Å². The fourth-order valence-electron chi connectivity index (χ4n) is 2.08. The molecular weight excluding hydrogens is 302 g/mol. The van der Waals surface area contributed by atoms with Gasteiger partial charge in [-0.2, -0.15) is 0 Å². The predicted molar refractivity (Wildman–Crippen MR) is 79.7 cm³/mol. The number of aromatic nitrogens is 2. The molecular formula is C15H12BrN3. The molecule has 0 spiro atoms. The Hall–Kier alpha value is -1.78. The van der Waals surface area contributed by atoms with Crippen molar-refractivity contribution >= 4 is 26.8 Å². The van der Waals surface area contributed by atoms with E-state index in [0.29, 0.717) is 0 Å². The minimum absolute atomic E-state index is 0.186. The van der Waals surface area contributed by atoms with Gasteiger partial charge in [0.15, 0.2) is 0 Å². The molecule has 2 aromatic heterocycles. The van der Waals surface area contributed by atoms with Gasteiger partial charge in [0.2, 0.25) is 0 Å². The third-order valence-electron chi connectivity index (χ3n) is 3.07. The molecule has 0 amide bonds. The van der Waals surface area contributed by atoms with Crippen LogP contribution in [0, 0.1) is 0 Å². The van der Waals surface area contributed by atoms with Crippen molar-refractivity contribution in [3.05, 3.63) is 70.6 Å². The van der Waals surface area contributed by atoms with Crippen LogP contribution >= 0.6 is 15.9 Å². The molecule has 0 saturated heterocycles. The fourth-order valence-corrected chi connectivity index (χ4v) is 2.46. The third kappa shape index (κ3) is 2.50. The summed E-state index contributed by atoms with van der Waals surface area (Å²) in [6.45, 7) is 0. The number of nitrogens with zero attached hydrogens (tertiary/aromatic N) is 2. The summed E-state index contributed by atoms with van der Waals surface area (Å²) in [7, 11) is 0. The number of benzene rings is 1. The minimum Gasteiger partial charge on any atom is -0.320 e. The normalized spacial score (nSPS) is 12.5. The Morgan fingerprint density at radius 1 is 1.05 bits per heavy atom. The van der Waals surface area contributed by atoms with Crippen molar-refractivity contribution in [2.45, 2.75) is 6.04 Å². The first-order valence-electron chi connectivity index (χ1n) is 5.95. The monoisotopic (exact) mass is 313 g/mol. The molecule has 0 aliphatic rings. The van der Waals surface area contributed by atoms with Gasteiger partial charge in [0.25, 0.3) is 0 Å². The molecule has 3 nitrogen and oxygen atoms in total. The highest BCUT2D eigenvalue weighted by Gasteiger charge is 2.10. The number of halogens is 1. The smallest absolute Gasteiger partial charge is 0.0702 e. The van der Waals surface area contributed by atoms with Gasteiger partial charge in [-0.05, 0) is 51.3 Å². The lowest BCUT2D eigenvalue weighted by molar-refractivity contribution is 0.863. The van der Waals surface area contributed by atoms with Gasteiger partial charge in [0, 0.05) is 28.4 Å². The number of fused-ring (bicyclic) bond motifs is 1. The van der Waals surface area contributed by atoms with E-state index >= 15 is 0 Å². The molecule has 0 radical (unpaired) electrons. The highest BCUT2D eigenvalue weighted by molar-refractivity contribution is 9.10. The Morgan fingerprint density at radius 3 is 2.79 bits per heavy atom. The van der Waals surface area contributed by atoms with Crippen LogP contribution in [-0.4, -0.2) is 9.97 Å². The van der Waals surface area contributed by atoms with Crippen LogP contribution in [0.25, 0.3) is 10.9 Å². The molecule has 1 atom stereocenters. The SMILES string of the molecule is NC(c1cncc(Br)c1)c1ccc2ncccc2c1. The van der Waals surface area contributed by atoms with Gasteiger partial charge in [-0.3, -0.25) is 9.97 Å². The van der Waals surface area contributed by atoms with Crippen LogP contribution in [0.3, 0.4) is 0 Å². The van der Waals surface area contributed by atoms with Crippen LogP contribution in [0.15, 0.2) is 59.5 Å². The molecule has 19 heavy (non-hydrogen) atoms. The Labute approximate surface area is 119 Å². The minimum atomic E-state index is -0.186. The van der Waals surface area contributed by atoms with E-state index in [-0.39, 0.29) is 6.04 Å². The van der Waals surface area contributed by atoms with Crippen molar-refractivity contribution in [1.29, 1.82) is 0 Å². The molecule has 1 unspecified atom stereocenters. The van der Waals surface area contributed by atoms with Gasteiger partial charge in [-0.1, -0.05) is 12.1 Å². The fraction of sp³-hybridized carbons (Fsp3) is 0.0667. The summed E-state index contributed by atoms with van der Waals surface area (Å²) in [4.78, 5) is 8.46. The highest BCUT2D eigenvalue weighted by atomic mass is 79.9. The average molecular weight is 314 g/mol. The van der Waals surface area contributed by atoms with E-state index in [4.69, 9.17) is 5.73 Å². The maximum atomic E-state index is 6.29. The lowest BCUT2D eigenvalue weighted by Crippen LogP contribution is -2.12. The van der Waals surface area contributed by atoms with Crippen LogP contribution < -0.4 is 5.73 Å². The molecule has 4 heteroatoms. The van der Waals surface area contributed by atoms with Crippen molar-refractivity contribution in [2.24, 2.45) is 5.73 Å².